The van der Waals surface area contributed by atoms with Crippen molar-refractivity contribution in [2.24, 2.45) is 0 Å². The van der Waals surface area contributed by atoms with Gasteiger partial charge in [-0.15, -0.1) is 0 Å². The Kier molecular flexibility index (Phi) is 9.54. The van der Waals surface area contributed by atoms with Crippen LogP contribution in [0.2, 0.25) is 0 Å². The molecule has 300 valence electrons. The number of nitrogens with one attached hydrogen (secondary N) is 2. The van der Waals surface area contributed by atoms with Crippen molar-refractivity contribution in [3.05, 3.63) is 136 Å². The van der Waals surface area contributed by atoms with Gasteiger partial charge in [-0.1, -0.05) is 132 Å². The molecule has 59 heavy (non-hydrogen) atoms. The Morgan fingerprint density at radius 1 is 0.407 bits per heavy atom. The van der Waals surface area contributed by atoms with Gasteiger partial charge in [0.1, 0.15) is 5.75 Å². The number of H-pyrrole nitrogens is 2. The minimum atomic E-state index is -0.0604. The summed E-state index contributed by atoms with van der Waals surface area (Å²) >= 11 is 0. The summed E-state index contributed by atoms with van der Waals surface area (Å²) in [5.74, 6) is 0.200. The monoisotopic (exact) mass is 778 g/mol. The van der Waals surface area contributed by atoms with Crippen molar-refractivity contribution in [1.29, 1.82) is 0 Å². The molecule has 3 aromatic heterocycles. The second kappa shape index (κ2) is 14.1. The lowest BCUT2D eigenvalue weighted by Crippen LogP contribution is -2.16. The fourth-order valence-corrected chi connectivity index (χ4v) is 7.99. The molecule has 0 unspecified atom stereocenters. The average molecular weight is 779 g/mol. The van der Waals surface area contributed by atoms with E-state index in [1.807, 2.05) is 18.2 Å². The number of phenols is 1. The normalized spacial score (nSPS) is 13.4. The first-order valence-corrected chi connectivity index (χ1v) is 20.9. The molecule has 0 aliphatic carbocycles. The number of aromatic nitrogens is 4. The first kappa shape index (κ1) is 39.9. The van der Waals surface area contributed by atoms with Gasteiger partial charge in [0.15, 0.2) is 0 Å². The molecule has 0 saturated heterocycles. The maximum atomic E-state index is 10.8. The predicted octanol–water partition coefficient (Wildman–Crippen LogP) is 14.6. The molecule has 0 saturated carbocycles. The zero-order valence-electron chi connectivity index (χ0n) is 36.8. The summed E-state index contributed by atoms with van der Waals surface area (Å²) in [5, 5.41) is 10.8. The molecule has 0 amide bonds. The Bertz CT molecular complexity index is 2730. The van der Waals surface area contributed by atoms with Gasteiger partial charge in [-0.25, -0.2) is 9.97 Å². The quantitative estimate of drug-likeness (QED) is 0.167. The van der Waals surface area contributed by atoms with Crippen molar-refractivity contribution in [1.82, 2.24) is 19.9 Å². The maximum Gasteiger partial charge on any atom is 0.116 e. The van der Waals surface area contributed by atoms with Crippen LogP contribution >= 0.6 is 0 Å². The average Bonchev–Trinajstić information content (AvgIpc) is 3.98. The third kappa shape index (κ3) is 7.96. The topological polar surface area (TPSA) is 77.6 Å². The van der Waals surface area contributed by atoms with Crippen LogP contribution in [0.25, 0.3) is 79.8 Å². The zero-order valence-corrected chi connectivity index (χ0v) is 36.8. The van der Waals surface area contributed by atoms with Gasteiger partial charge in [-0.3, -0.25) is 0 Å². The van der Waals surface area contributed by atoms with Crippen LogP contribution in [0.4, 0.5) is 0 Å². The van der Waals surface area contributed by atoms with Gasteiger partial charge in [0.25, 0.3) is 0 Å². The van der Waals surface area contributed by atoms with E-state index in [0.717, 1.165) is 78.2 Å². The van der Waals surface area contributed by atoms with E-state index in [1.165, 1.54) is 22.3 Å². The molecule has 0 spiro atoms. The molecule has 3 aromatic carbocycles. The summed E-state index contributed by atoms with van der Waals surface area (Å²) in [4.78, 5) is 18.4. The van der Waals surface area contributed by atoms with Crippen LogP contribution in [-0.4, -0.2) is 25.0 Å². The van der Waals surface area contributed by atoms with Crippen molar-refractivity contribution < 1.29 is 5.11 Å². The van der Waals surface area contributed by atoms with Crippen LogP contribution in [0.5, 0.6) is 5.75 Å². The van der Waals surface area contributed by atoms with Crippen molar-refractivity contribution in [2.45, 2.75) is 105 Å². The van der Waals surface area contributed by atoms with E-state index < -0.39 is 0 Å². The lowest BCUT2D eigenvalue weighted by Gasteiger charge is -2.26. The minimum absolute atomic E-state index is 0.0604. The molecule has 5 heterocycles. The molecule has 2 aliphatic heterocycles. The number of nitrogens with zero attached hydrogens (tertiary/aromatic N) is 2. The summed E-state index contributed by atoms with van der Waals surface area (Å²) in [6.07, 6.45) is 8.49. The third-order valence-electron chi connectivity index (χ3n) is 11.6. The summed E-state index contributed by atoms with van der Waals surface area (Å²) in [6.45, 7) is 27.3. The number of hydrogen-bond donors (Lipinski definition) is 3. The number of aromatic amines is 2. The van der Waals surface area contributed by atoms with Crippen LogP contribution in [0, 0.1) is 0 Å². The van der Waals surface area contributed by atoms with Crippen LogP contribution < -0.4 is 0 Å². The van der Waals surface area contributed by atoms with E-state index in [-0.39, 0.29) is 27.4 Å². The Hall–Kier alpha value is -5.94. The Labute approximate surface area is 350 Å². The Balaban J connectivity index is 1.52. The van der Waals surface area contributed by atoms with E-state index >= 15 is 0 Å². The molecule has 8 rings (SSSR count). The highest BCUT2D eigenvalue weighted by Gasteiger charge is 2.25. The van der Waals surface area contributed by atoms with Crippen molar-refractivity contribution in [3.63, 3.8) is 0 Å². The number of hydrogen-bond acceptors (Lipinski definition) is 3. The van der Waals surface area contributed by atoms with Gasteiger partial charge >= 0.3 is 0 Å². The standard InChI is InChI=1S/C54H58N4O/c1-51(2,3)35-24-33(25-36(29-35)52(4,5)6)49-42-18-16-39(55-42)31-40-17-19-43(56-40)50(34-26-37(53(7,8)9)30-38(27-34)54(10,11)12)47-23-21-45(58-47)48(44-20-22-46(49)57-44)32-14-13-15-41(59)28-32/h13-31,55,58-59H,1-12H3. The second-order valence-corrected chi connectivity index (χ2v) is 20.5. The molecule has 8 bridgehead atoms. The van der Waals surface area contributed by atoms with Crippen molar-refractivity contribution in [2.75, 3.05) is 0 Å². The van der Waals surface area contributed by atoms with Gasteiger partial charge in [0.2, 0.25) is 0 Å². The summed E-state index contributed by atoms with van der Waals surface area (Å²) in [5.41, 5.74) is 18.2. The smallest absolute Gasteiger partial charge is 0.116 e. The van der Waals surface area contributed by atoms with E-state index in [0.29, 0.717) is 0 Å². The molecule has 0 fully saturated rings. The van der Waals surface area contributed by atoms with Gasteiger partial charge in [-0.05, 0) is 127 Å². The third-order valence-corrected chi connectivity index (χ3v) is 11.6. The first-order valence-electron chi connectivity index (χ1n) is 20.9. The molecule has 3 N–H and O–H groups in total. The van der Waals surface area contributed by atoms with E-state index in [4.69, 9.17) is 9.97 Å². The van der Waals surface area contributed by atoms with Crippen molar-refractivity contribution >= 4 is 46.4 Å². The Morgan fingerprint density at radius 3 is 1.31 bits per heavy atom. The highest BCUT2D eigenvalue weighted by atomic mass is 16.3. The number of fused-ring (bicyclic) bond motifs is 8. The summed E-state index contributed by atoms with van der Waals surface area (Å²) in [7, 11) is 0. The highest BCUT2D eigenvalue weighted by molar-refractivity contribution is 5.98. The molecular formula is C54H58N4O. The lowest BCUT2D eigenvalue weighted by atomic mass is 9.78. The molecule has 0 atom stereocenters. The van der Waals surface area contributed by atoms with Gasteiger partial charge in [-0.2, -0.15) is 0 Å². The maximum absolute atomic E-state index is 10.8. The van der Waals surface area contributed by atoms with Crippen LogP contribution in [0.3, 0.4) is 0 Å². The molecule has 2 aliphatic rings. The molecule has 0 radical (unpaired) electrons. The lowest BCUT2D eigenvalue weighted by molar-refractivity contribution is 0.475. The number of rotatable bonds is 3. The van der Waals surface area contributed by atoms with Gasteiger partial charge < -0.3 is 15.1 Å². The highest BCUT2D eigenvalue weighted by Crippen LogP contribution is 2.41. The SMILES string of the molecule is CC(C)(C)c1cc(-c2c3nc(c(-c4cccc(O)c4)c4ccc([nH]4)c(-c4cc(C(C)(C)C)cc(C(C)(C)C)c4)c4nc(cc5ccc2[nH]5)C=C4)C=C3)cc(C(C)(C)C)c1. The molecular weight excluding hydrogens is 721 g/mol. The first-order chi connectivity index (χ1) is 27.6. The molecule has 5 nitrogen and oxygen atoms in total. The number of phenolic OH excluding ortho intramolecular Hbond substituents is 1. The van der Waals surface area contributed by atoms with E-state index in [2.05, 4.69) is 184 Å². The van der Waals surface area contributed by atoms with E-state index in [9.17, 15) is 5.11 Å². The molecule has 6 aromatic rings. The predicted molar refractivity (Wildman–Crippen MR) is 252 cm³/mol. The Morgan fingerprint density at radius 2 is 0.831 bits per heavy atom. The second-order valence-electron chi connectivity index (χ2n) is 20.5. The van der Waals surface area contributed by atoms with Crippen LogP contribution in [0.1, 0.15) is 128 Å². The van der Waals surface area contributed by atoms with Crippen LogP contribution in [-0.2, 0) is 21.7 Å². The summed E-state index contributed by atoms with van der Waals surface area (Å²) in [6, 6.07) is 32.3. The van der Waals surface area contributed by atoms with Gasteiger partial charge in [0.05, 0.1) is 22.8 Å². The fraction of sp³-hybridized carbons (Fsp3) is 0.296. The van der Waals surface area contributed by atoms with Crippen molar-refractivity contribution in [3.8, 4) is 39.1 Å². The minimum Gasteiger partial charge on any atom is -0.508 e. The van der Waals surface area contributed by atoms with Crippen LogP contribution in [0.15, 0.2) is 91.0 Å². The van der Waals surface area contributed by atoms with E-state index in [1.54, 1.807) is 6.07 Å². The number of aromatic hydroxyl groups is 1. The fourth-order valence-electron chi connectivity index (χ4n) is 7.99. The number of benzene rings is 3. The largest absolute Gasteiger partial charge is 0.508 e. The molecule has 5 heteroatoms. The zero-order chi connectivity index (χ0) is 42.2. The van der Waals surface area contributed by atoms with Gasteiger partial charge in [0, 0.05) is 38.8 Å². The summed E-state index contributed by atoms with van der Waals surface area (Å²) < 4.78 is 0.